The van der Waals surface area contributed by atoms with Crippen molar-refractivity contribution in [2.45, 2.75) is 24.9 Å². The summed E-state index contributed by atoms with van der Waals surface area (Å²) < 4.78 is 58.8. The predicted octanol–water partition coefficient (Wildman–Crippen LogP) is 0.621. The Morgan fingerprint density at radius 1 is 1.38 bits per heavy atom. The van der Waals surface area contributed by atoms with Crippen molar-refractivity contribution in [3.63, 3.8) is 0 Å². The SMILES string of the molecule is O=S(=O)([O-])CCC1COC(Cn2cncn2)(c2ccc(F)cc2)O1. The third-order valence-electron chi connectivity index (χ3n) is 3.67. The summed E-state index contributed by atoms with van der Waals surface area (Å²) >= 11 is 0. The van der Waals surface area contributed by atoms with Crippen LogP contribution in [0.25, 0.3) is 0 Å². The van der Waals surface area contributed by atoms with E-state index in [0.29, 0.717) is 5.56 Å². The van der Waals surface area contributed by atoms with Gasteiger partial charge in [0, 0.05) is 11.3 Å². The maximum absolute atomic E-state index is 13.2. The highest BCUT2D eigenvalue weighted by Gasteiger charge is 2.44. The standard InChI is InChI=1S/C14H16FN3O5S/c15-12-3-1-11(2-4-12)14(8-18-10-16-9-17-18)22-7-13(23-14)5-6-24(19,20)21/h1-4,9-10,13H,5-8H2,(H,19,20,21)/p-1. The van der Waals surface area contributed by atoms with Crippen LogP contribution < -0.4 is 0 Å². The van der Waals surface area contributed by atoms with Gasteiger partial charge in [-0.05, 0) is 18.6 Å². The normalized spacial score (nSPS) is 24.3. The molecule has 0 spiro atoms. The van der Waals surface area contributed by atoms with E-state index in [2.05, 4.69) is 10.1 Å². The fourth-order valence-corrected chi connectivity index (χ4v) is 3.09. The van der Waals surface area contributed by atoms with Gasteiger partial charge < -0.3 is 14.0 Å². The minimum Gasteiger partial charge on any atom is -0.748 e. The molecule has 0 radical (unpaired) electrons. The lowest BCUT2D eigenvalue weighted by atomic mass is 10.1. The number of ether oxygens (including phenoxy) is 2. The van der Waals surface area contributed by atoms with E-state index in [-0.39, 0.29) is 19.6 Å². The number of rotatable bonds is 6. The molecule has 130 valence electrons. The molecule has 1 aliphatic rings. The Morgan fingerprint density at radius 2 is 2.12 bits per heavy atom. The number of hydrogen-bond acceptors (Lipinski definition) is 7. The van der Waals surface area contributed by atoms with Gasteiger partial charge in [0.2, 0.25) is 5.79 Å². The molecule has 3 rings (SSSR count). The van der Waals surface area contributed by atoms with Crippen molar-refractivity contribution >= 4 is 10.1 Å². The summed E-state index contributed by atoms with van der Waals surface area (Å²) in [6.07, 6.45) is 2.29. The molecule has 10 heteroatoms. The van der Waals surface area contributed by atoms with Gasteiger partial charge in [-0.2, -0.15) is 5.10 Å². The lowest BCUT2D eigenvalue weighted by Crippen LogP contribution is -2.34. The van der Waals surface area contributed by atoms with Crippen molar-refractivity contribution in [2.75, 3.05) is 12.4 Å². The number of nitrogens with zero attached hydrogens (tertiary/aromatic N) is 3. The Hall–Kier alpha value is -1.88. The summed E-state index contributed by atoms with van der Waals surface area (Å²) in [7, 11) is -4.33. The third-order valence-corrected chi connectivity index (χ3v) is 4.41. The van der Waals surface area contributed by atoms with E-state index in [1.54, 1.807) is 0 Å². The van der Waals surface area contributed by atoms with Crippen LogP contribution in [0.4, 0.5) is 4.39 Å². The van der Waals surface area contributed by atoms with Gasteiger partial charge in [-0.1, -0.05) is 12.1 Å². The zero-order valence-electron chi connectivity index (χ0n) is 12.5. The summed E-state index contributed by atoms with van der Waals surface area (Å²) in [5.74, 6) is -2.19. The summed E-state index contributed by atoms with van der Waals surface area (Å²) in [6, 6.07) is 5.61. The molecule has 2 heterocycles. The summed E-state index contributed by atoms with van der Waals surface area (Å²) in [4.78, 5) is 3.85. The maximum Gasteiger partial charge on any atom is 0.215 e. The second-order valence-corrected chi connectivity index (χ2v) is 6.98. The molecule has 2 unspecified atom stereocenters. The molecule has 1 fully saturated rings. The Morgan fingerprint density at radius 3 is 2.75 bits per heavy atom. The van der Waals surface area contributed by atoms with Crippen LogP contribution in [0.15, 0.2) is 36.9 Å². The number of hydrogen-bond donors (Lipinski definition) is 0. The highest BCUT2D eigenvalue weighted by Crippen LogP contribution is 2.37. The lowest BCUT2D eigenvalue weighted by Gasteiger charge is -2.28. The van der Waals surface area contributed by atoms with Crippen LogP contribution in [0, 0.1) is 5.82 Å². The lowest BCUT2D eigenvalue weighted by molar-refractivity contribution is -0.188. The average Bonchev–Trinajstić information content (AvgIpc) is 3.16. The average molecular weight is 356 g/mol. The van der Waals surface area contributed by atoms with Gasteiger partial charge in [-0.3, -0.25) is 0 Å². The molecule has 1 saturated heterocycles. The first-order valence-electron chi connectivity index (χ1n) is 7.20. The molecule has 0 amide bonds. The predicted molar refractivity (Wildman–Crippen MR) is 78.1 cm³/mol. The molecule has 1 aromatic carbocycles. The molecule has 1 aromatic heterocycles. The van der Waals surface area contributed by atoms with Gasteiger partial charge >= 0.3 is 0 Å². The van der Waals surface area contributed by atoms with Crippen molar-refractivity contribution < 1.29 is 26.8 Å². The van der Waals surface area contributed by atoms with Crippen LogP contribution in [0.1, 0.15) is 12.0 Å². The van der Waals surface area contributed by atoms with Gasteiger partial charge in [0.15, 0.2) is 0 Å². The van der Waals surface area contributed by atoms with E-state index in [1.165, 1.54) is 41.6 Å². The van der Waals surface area contributed by atoms with Crippen LogP contribution in [0.2, 0.25) is 0 Å². The van der Waals surface area contributed by atoms with E-state index < -0.39 is 33.6 Å². The highest BCUT2D eigenvalue weighted by atomic mass is 32.2. The summed E-state index contributed by atoms with van der Waals surface area (Å²) in [5, 5.41) is 4.00. The molecular weight excluding hydrogens is 341 g/mol. The molecule has 0 bridgehead atoms. The second kappa shape index (κ2) is 6.55. The molecule has 2 aromatic rings. The smallest absolute Gasteiger partial charge is 0.215 e. The van der Waals surface area contributed by atoms with Gasteiger partial charge in [0.1, 0.15) is 25.0 Å². The first-order chi connectivity index (χ1) is 11.4. The molecule has 0 aliphatic carbocycles. The second-order valence-electron chi connectivity index (χ2n) is 5.45. The van der Waals surface area contributed by atoms with Crippen molar-refractivity contribution in [3.05, 3.63) is 48.3 Å². The summed E-state index contributed by atoms with van der Waals surface area (Å²) in [5.41, 5.74) is 0.562. The minimum atomic E-state index is -4.33. The van der Waals surface area contributed by atoms with Crippen LogP contribution in [-0.4, -0.2) is 46.2 Å². The van der Waals surface area contributed by atoms with Crippen LogP contribution in [-0.2, 0) is 31.9 Å². The molecule has 24 heavy (non-hydrogen) atoms. The Bertz CT molecular complexity index is 781. The van der Waals surface area contributed by atoms with Crippen LogP contribution in [0.3, 0.4) is 0 Å². The van der Waals surface area contributed by atoms with Gasteiger partial charge in [0.25, 0.3) is 0 Å². The van der Waals surface area contributed by atoms with Crippen molar-refractivity contribution in [2.24, 2.45) is 0 Å². The first kappa shape index (κ1) is 17.0. The van der Waals surface area contributed by atoms with E-state index in [1.807, 2.05) is 0 Å². The number of halogens is 1. The van der Waals surface area contributed by atoms with Crippen molar-refractivity contribution in [3.8, 4) is 0 Å². The first-order valence-corrected chi connectivity index (χ1v) is 8.78. The van der Waals surface area contributed by atoms with E-state index in [9.17, 15) is 17.4 Å². The Balaban J connectivity index is 1.82. The van der Waals surface area contributed by atoms with Gasteiger partial charge in [-0.25, -0.2) is 22.5 Å². The largest absolute Gasteiger partial charge is 0.748 e. The fourth-order valence-electron chi connectivity index (χ4n) is 2.54. The third kappa shape index (κ3) is 3.96. The van der Waals surface area contributed by atoms with Crippen molar-refractivity contribution in [1.82, 2.24) is 14.8 Å². The minimum absolute atomic E-state index is 0.0200. The topological polar surface area (TPSA) is 106 Å². The number of benzene rings is 1. The fraction of sp³-hybridized carbons (Fsp3) is 0.429. The molecular formula is C14H15FN3O5S-. The summed E-state index contributed by atoms with van der Waals surface area (Å²) in [6.45, 7) is 0.265. The van der Waals surface area contributed by atoms with Crippen molar-refractivity contribution in [1.29, 1.82) is 0 Å². The highest BCUT2D eigenvalue weighted by molar-refractivity contribution is 7.85. The van der Waals surface area contributed by atoms with Gasteiger partial charge in [-0.15, -0.1) is 0 Å². The molecule has 2 atom stereocenters. The Labute approximate surface area is 138 Å². The zero-order chi connectivity index (χ0) is 17.2. The monoisotopic (exact) mass is 356 g/mol. The molecule has 8 nitrogen and oxygen atoms in total. The van der Waals surface area contributed by atoms with Gasteiger partial charge in [0.05, 0.1) is 22.8 Å². The molecule has 0 N–H and O–H groups in total. The zero-order valence-corrected chi connectivity index (χ0v) is 13.4. The molecule has 1 aliphatic heterocycles. The van der Waals surface area contributed by atoms with Crippen LogP contribution >= 0.6 is 0 Å². The van der Waals surface area contributed by atoms with E-state index in [4.69, 9.17) is 9.47 Å². The van der Waals surface area contributed by atoms with E-state index in [0.717, 1.165) is 0 Å². The Kier molecular flexibility index (Phi) is 4.63. The molecule has 0 saturated carbocycles. The number of aromatic nitrogens is 3. The maximum atomic E-state index is 13.2. The van der Waals surface area contributed by atoms with E-state index >= 15 is 0 Å². The van der Waals surface area contributed by atoms with Crippen LogP contribution in [0.5, 0.6) is 0 Å². The quantitative estimate of drug-likeness (QED) is 0.698.